The van der Waals surface area contributed by atoms with Gasteiger partial charge in [0.1, 0.15) is 17.2 Å². The average Bonchev–Trinajstić information content (AvgIpc) is 3.35. The van der Waals surface area contributed by atoms with E-state index >= 15 is 0 Å². The van der Waals surface area contributed by atoms with Crippen molar-refractivity contribution in [2.75, 3.05) is 0 Å². The Morgan fingerprint density at radius 2 is 1.96 bits per heavy atom. The lowest BCUT2D eigenvalue weighted by molar-refractivity contribution is 0.397. The van der Waals surface area contributed by atoms with Crippen LogP contribution >= 0.6 is 23.4 Å². The Labute approximate surface area is 159 Å². The van der Waals surface area contributed by atoms with Gasteiger partial charge in [0.2, 0.25) is 0 Å². The zero-order valence-corrected chi connectivity index (χ0v) is 15.7. The molecule has 0 fully saturated rings. The highest BCUT2D eigenvalue weighted by molar-refractivity contribution is 7.98. The summed E-state index contributed by atoms with van der Waals surface area (Å²) in [7, 11) is 1.93. The van der Waals surface area contributed by atoms with Crippen molar-refractivity contribution in [1.29, 1.82) is 0 Å². The van der Waals surface area contributed by atoms with E-state index in [1.807, 2.05) is 54.9 Å². The molecule has 6 nitrogen and oxygen atoms in total. The molecule has 0 amide bonds. The first-order valence-electron chi connectivity index (χ1n) is 7.90. The smallest absolute Gasteiger partial charge is 0.191 e. The second kappa shape index (κ2) is 7.01. The molecule has 0 bridgehead atoms. The molecular weight excluding hydrogens is 372 g/mol. The highest BCUT2D eigenvalue weighted by Crippen LogP contribution is 2.29. The van der Waals surface area contributed by atoms with E-state index in [0.717, 1.165) is 39.3 Å². The van der Waals surface area contributed by atoms with Gasteiger partial charge in [0.15, 0.2) is 11.0 Å². The van der Waals surface area contributed by atoms with Crippen LogP contribution in [0, 0.1) is 6.92 Å². The Morgan fingerprint density at radius 1 is 1.15 bits per heavy atom. The average molecular weight is 387 g/mol. The molecule has 26 heavy (non-hydrogen) atoms. The normalized spacial score (nSPS) is 11.2. The molecule has 0 N–H and O–H groups in total. The molecule has 4 rings (SSSR count). The number of halogens is 1. The van der Waals surface area contributed by atoms with Gasteiger partial charge in [-0.3, -0.25) is 0 Å². The minimum Gasteiger partial charge on any atom is -0.469 e. The molecule has 8 heteroatoms. The van der Waals surface area contributed by atoms with Crippen LogP contribution in [0.15, 0.2) is 56.8 Å². The Bertz CT molecular complexity index is 1040. The number of aromatic nitrogens is 4. The fourth-order valence-corrected chi connectivity index (χ4v) is 3.48. The number of hydrogen-bond acceptors (Lipinski definition) is 6. The number of thioether (sulfide) groups is 1. The molecule has 4 aromatic rings. The van der Waals surface area contributed by atoms with Crippen LogP contribution < -0.4 is 0 Å². The maximum Gasteiger partial charge on any atom is 0.191 e. The third-order valence-electron chi connectivity index (χ3n) is 3.98. The molecule has 0 aliphatic carbocycles. The topological polar surface area (TPSA) is 69.9 Å². The highest BCUT2D eigenvalue weighted by Gasteiger charge is 2.16. The van der Waals surface area contributed by atoms with Crippen molar-refractivity contribution >= 4 is 23.4 Å². The summed E-state index contributed by atoms with van der Waals surface area (Å²) in [5, 5.41) is 14.1. The lowest BCUT2D eigenvalue weighted by Gasteiger charge is -2.01. The molecule has 0 radical (unpaired) electrons. The minimum absolute atomic E-state index is 0.608. The number of aryl methyl sites for hydroxylation is 1. The molecule has 0 saturated carbocycles. The van der Waals surface area contributed by atoms with E-state index in [0.29, 0.717) is 10.8 Å². The summed E-state index contributed by atoms with van der Waals surface area (Å²) in [4.78, 5) is 0. The van der Waals surface area contributed by atoms with E-state index in [2.05, 4.69) is 15.4 Å². The van der Waals surface area contributed by atoms with Crippen molar-refractivity contribution in [2.45, 2.75) is 17.8 Å². The first-order chi connectivity index (χ1) is 12.6. The van der Waals surface area contributed by atoms with Gasteiger partial charge in [-0.15, -0.1) is 10.2 Å². The van der Waals surface area contributed by atoms with Gasteiger partial charge in [-0.1, -0.05) is 40.7 Å². The number of benzene rings is 1. The van der Waals surface area contributed by atoms with Crippen LogP contribution in [0.4, 0.5) is 0 Å². The van der Waals surface area contributed by atoms with Gasteiger partial charge in [0.05, 0.1) is 17.6 Å². The Hall–Kier alpha value is -2.51. The predicted molar refractivity (Wildman–Crippen MR) is 100.0 cm³/mol. The van der Waals surface area contributed by atoms with Gasteiger partial charge in [-0.05, 0) is 25.1 Å². The van der Waals surface area contributed by atoms with Crippen LogP contribution in [0.25, 0.3) is 22.6 Å². The van der Waals surface area contributed by atoms with Crippen LogP contribution in [-0.2, 0) is 12.8 Å². The molecule has 0 spiro atoms. The predicted octanol–water partition coefficient (Wildman–Crippen LogP) is 4.98. The van der Waals surface area contributed by atoms with Gasteiger partial charge < -0.3 is 13.5 Å². The molecule has 0 atom stereocenters. The number of nitrogens with zero attached hydrogens (tertiary/aromatic N) is 4. The van der Waals surface area contributed by atoms with E-state index < -0.39 is 0 Å². The molecule has 3 heterocycles. The van der Waals surface area contributed by atoms with E-state index in [1.165, 1.54) is 11.8 Å². The van der Waals surface area contributed by atoms with E-state index in [4.69, 9.17) is 20.5 Å². The molecule has 0 saturated heterocycles. The number of furan rings is 1. The third kappa shape index (κ3) is 3.27. The maximum absolute atomic E-state index is 5.92. The van der Waals surface area contributed by atoms with Gasteiger partial charge >= 0.3 is 0 Å². The SMILES string of the molecule is Cc1occc1-c1nnc(SCc2cc(-c3ccc(Cl)cc3)no2)n1C. The monoisotopic (exact) mass is 386 g/mol. The maximum atomic E-state index is 5.92. The van der Waals surface area contributed by atoms with Crippen molar-refractivity contribution in [3.8, 4) is 22.6 Å². The zero-order chi connectivity index (χ0) is 18.1. The largest absolute Gasteiger partial charge is 0.469 e. The summed E-state index contributed by atoms with van der Waals surface area (Å²) in [5.41, 5.74) is 2.69. The Kier molecular flexibility index (Phi) is 4.57. The van der Waals surface area contributed by atoms with Crippen molar-refractivity contribution in [1.82, 2.24) is 19.9 Å². The van der Waals surface area contributed by atoms with Crippen molar-refractivity contribution in [3.05, 3.63) is 59.2 Å². The van der Waals surface area contributed by atoms with Crippen LogP contribution in [0.5, 0.6) is 0 Å². The summed E-state index contributed by atoms with van der Waals surface area (Å²) < 4.78 is 12.7. The van der Waals surface area contributed by atoms with Crippen molar-refractivity contribution in [2.24, 2.45) is 7.05 Å². The minimum atomic E-state index is 0.608. The second-order valence-electron chi connectivity index (χ2n) is 5.73. The number of rotatable bonds is 5. The first-order valence-corrected chi connectivity index (χ1v) is 9.26. The Morgan fingerprint density at radius 3 is 2.69 bits per heavy atom. The van der Waals surface area contributed by atoms with Crippen molar-refractivity contribution in [3.63, 3.8) is 0 Å². The highest BCUT2D eigenvalue weighted by atomic mass is 35.5. The molecule has 3 aromatic heterocycles. The van der Waals surface area contributed by atoms with Gasteiger partial charge in [-0.25, -0.2) is 0 Å². The molecule has 1 aromatic carbocycles. The van der Waals surface area contributed by atoms with E-state index in [-0.39, 0.29) is 0 Å². The summed E-state index contributed by atoms with van der Waals surface area (Å²) in [6.45, 7) is 1.91. The summed E-state index contributed by atoms with van der Waals surface area (Å²) >= 11 is 7.46. The summed E-state index contributed by atoms with van der Waals surface area (Å²) in [6.07, 6.45) is 1.65. The zero-order valence-electron chi connectivity index (χ0n) is 14.1. The summed E-state index contributed by atoms with van der Waals surface area (Å²) in [6, 6.07) is 11.3. The lowest BCUT2D eigenvalue weighted by Crippen LogP contribution is -1.95. The molecular formula is C18H15ClN4O2S. The van der Waals surface area contributed by atoms with Crippen LogP contribution in [-0.4, -0.2) is 19.9 Å². The van der Waals surface area contributed by atoms with Crippen LogP contribution in [0.2, 0.25) is 5.02 Å². The third-order valence-corrected chi connectivity index (χ3v) is 5.27. The number of hydrogen-bond donors (Lipinski definition) is 0. The fourth-order valence-electron chi connectivity index (χ4n) is 2.57. The standard InChI is InChI=1S/C18H15ClN4O2S/c1-11-15(7-8-24-11)17-20-21-18(23(17)2)26-10-14-9-16(22-25-14)12-3-5-13(19)6-4-12/h3-9H,10H2,1-2H3. The molecule has 132 valence electrons. The summed E-state index contributed by atoms with van der Waals surface area (Å²) in [5.74, 6) is 2.97. The van der Waals surface area contributed by atoms with E-state index in [1.54, 1.807) is 6.26 Å². The fraction of sp³-hybridized carbons (Fsp3) is 0.167. The van der Waals surface area contributed by atoms with Crippen molar-refractivity contribution < 1.29 is 8.94 Å². The quantitative estimate of drug-likeness (QED) is 0.450. The van der Waals surface area contributed by atoms with Gasteiger partial charge in [-0.2, -0.15) is 0 Å². The first kappa shape index (κ1) is 16.9. The van der Waals surface area contributed by atoms with Crippen LogP contribution in [0.3, 0.4) is 0 Å². The van der Waals surface area contributed by atoms with Gasteiger partial charge in [0, 0.05) is 23.7 Å². The van der Waals surface area contributed by atoms with E-state index in [9.17, 15) is 0 Å². The molecule has 0 aliphatic rings. The second-order valence-corrected chi connectivity index (χ2v) is 7.11. The Balaban J connectivity index is 1.48. The van der Waals surface area contributed by atoms with Crippen LogP contribution in [0.1, 0.15) is 11.5 Å². The lowest BCUT2D eigenvalue weighted by atomic mass is 10.1. The molecule has 0 unspecified atom stereocenters. The van der Waals surface area contributed by atoms with Gasteiger partial charge in [0.25, 0.3) is 0 Å². The molecule has 0 aliphatic heterocycles.